The maximum Gasteiger partial charge on any atom is 0.249 e. The highest BCUT2D eigenvalue weighted by atomic mass is 16.5. The van der Waals surface area contributed by atoms with E-state index in [0.29, 0.717) is 0 Å². The molecule has 2 aliphatic heterocycles. The van der Waals surface area contributed by atoms with Crippen molar-refractivity contribution in [2.24, 2.45) is 0 Å². The minimum Gasteiger partial charge on any atom is -0.369 e. The maximum absolute atomic E-state index is 12.4. The number of carbonyl (C=O) groups excluding carboxylic acids is 1. The minimum absolute atomic E-state index is 0.0501. The number of rotatable bonds is 2. The Morgan fingerprint density at radius 1 is 1.15 bits per heavy atom. The second kappa shape index (κ2) is 6.40. The Kier molecular flexibility index (Phi) is 4.19. The van der Waals surface area contributed by atoms with Crippen LogP contribution >= 0.6 is 0 Å². The summed E-state index contributed by atoms with van der Waals surface area (Å²) < 4.78 is 6.09. The van der Waals surface area contributed by atoms with Crippen molar-refractivity contribution in [2.45, 2.75) is 31.9 Å². The topological polar surface area (TPSA) is 45.7 Å². The van der Waals surface area contributed by atoms with Crippen LogP contribution in [0.4, 0.5) is 5.69 Å². The zero-order chi connectivity index (χ0) is 18.3. The molecule has 0 unspecified atom stereocenters. The molecule has 2 fully saturated rings. The fourth-order valence-corrected chi connectivity index (χ4v) is 4.45. The van der Waals surface area contributed by atoms with Crippen molar-refractivity contribution in [3.8, 4) is 0 Å². The molecular formula is C21H25N3O2. The van der Waals surface area contributed by atoms with Gasteiger partial charge in [-0.25, -0.2) is 0 Å². The predicted octanol–water partition coefficient (Wildman–Crippen LogP) is 2.66. The van der Waals surface area contributed by atoms with E-state index >= 15 is 0 Å². The number of piperidine rings is 1. The molecular weight excluding hydrogens is 326 g/mol. The van der Waals surface area contributed by atoms with Crippen molar-refractivity contribution >= 4 is 11.6 Å². The molecule has 136 valence electrons. The first-order chi connectivity index (χ1) is 12.5. The fraction of sp³-hybridized carbons (Fsp3) is 0.429. The first kappa shape index (κ1) is 17.0. The molecule has 0 radical (unpaired) electrons. The van der Waals surface area contributed by atoms with E-state index in [2.05, 4.69) is 34.1 Å². The Labute approximate surface area is 154 Å². The van der Waals surface area contributed by atoms with Crippen LogP contribution in [0.25, 0.3) is 0 Å². The van der Waals surface area contributed by atoms with E-state index in [9.17, 15) is 4.79 Å². The van der Waals surface area contributed by atoms with Gasteiger partial charge in [0, 0.05) is 37.2 Å². The van der Waals surface area contributed by atoms with E-state index in [4.69, 9.17) is 4.74 Å². The highest BCUT2D eigenvalue weighted by Gasteiger charge is 2.52. The van der Waals surface area contributed by atoms with Gasteiger partial charge in [0.05, 0.1) is 5.54 Å². The van der Waals surface area contributed by atoms with Crippen LogP contribution in [0, 0.1) is 13.8 Å². The van der Waals surface area contributed by atoms with Crippen LogP contribution in [0.3, 0.4) is 0 Å². The number of anilines is 1. The van der Waals surface area contributed by atoms with Gasteiger partial charge in [-0.1, -0.05) is 30.3 Å². The van der Waals surface area contributed by atoms with E-state index in [-0.39, 0.29) is 18.6 Å². The van der Waals surface area contributed by atoms with Crippen LogP contribution in [-0.4, -0.2) is 48.6 Å². The summed E-state index contributed by atoms with van der Waals surface area (Å²) in [5.74, 6) is 0.0501. The van der Waals surface area contributed by atoms with Crippen LogP contribution in [0.5, 0.6) is 0 Å². The Balaban J connectivity index is 1.71. The number of pyridine rings is 1. The highest BCUT2D eigenvalue weighted by molar-refractivity contribution is 5.79. The summed E-state index contributed by atoms with van der Waals surface area (Å²) in [4.78, 5) is 21.2. The third kappa shape index (κ3) is 2.67. The second-order valence-electron chi connectivity index (χ2n) is 7.35. The Bertz CT molecular complexity index is 803. The van der Waals surface area contributed by atoms with Gasteiger partial charge in [-0.2, -0.15) is 0 Å². The van der Waals surface area contributed by atoms with Crippen molar-refractivity contribution in [3.63, 3.8) is 0 Å². The average Bonchev–Trinajstić information content (AvgIpc) is 2.64. The van der Waals surface area contributed by atoms with Gasteiger partial charge in [0.1, 0.15) is 12.7 Å². The lowest BCUT2D eigenvalue weighted by molar-refractivity contribution is -0.173. The van der Waals surface area contributed by atoms with Gasteiger partial charge in [-0.05, 0) is 38.0 Å². The number of benzene rings is 1. The number of fused-ring (bicyclic) bond motifs is 1. The quantitative estimate of drug-likeness (QED) is 0.834. The molecule has 0 spiro atoms. The molecule has 0 saturated carbocycles. The maximum atomic E-state index is 12.4. The Morgan fingerprint density at radius 3 is 2.54 bits per heavy atom. The Morgan fingerprint density at radius 2 is 1.85 bits per heavy atom. The molecule has 4 rings (SSSR count). The molecule has 1 amide bonds. The molecule has 2 atom stereocenters. The summed E-state index contributed by atoms with van der Waals surface area (Å²) >= 11 is 0. The number of morpholine rings is 1. The molecule has 1 aromatic carbocycles. The summed E-state index contributed by atoms with van der Waals surface area (Å²) in [6.07, 6.45) is 0.778. The monoisotopic (exact) mass is 351 g/mol. The minimum atomic E-state index is -0.399. The standard InChI is InChI=1S/C21H25N3O2/c1-15-11-18(12-16(2)22-15)24-10-9-21(17-7-5-4-6-8-17)19(13-24)26-14-20(25)23(21)3/h4-8,11-12,19H,9-10,13-14H2,1-3H3/t19-,21+/m1/s1. The third-order valence-corrected chi connectivity index (χ3v) is 5.77. The molecule has 5 heteroatoms. The van der Waals surface area contributed by atoms with Crippen LogP contribution in [-0.2, 0) is 15.1 Å². The predicted molar refractivity (Wildman–Crippen MR) is 101 cm³/mol. The van der Waals surface area contributed by atoms with E-state index in [1.165, 1.54) is 5.69 Å². The number of hydrogen-bond acceptors (Lipinski definition) is 4. The van der Waals surface area contributed by atoms with Gasteiger partial charge in [-0.3, -0.25) is 9.78 Å². The largest absolute Gasteiger partial charge is 0.369 e. The number of amides is 1. The normalized spacial score (nSPS) is 26.0. The second-order valence-corrected chi connectivity index (χ2v) is 7.35. The van der Waals surface area contributed by atoms with E-state index < -0.39 is 5.54 Å². The molecule has 26 heavy (non-hydrogen) atoms. The van der Waals surface area contributed by atoms with Gasteiger partial charge in [0.25, 0.3) is 0 Å². The molecule has 2 aromatic rings. The van der Waals surface area contributed by atoms with Crippen LogP contribution in [0.1, 0.15) is 23.4 Å². The molecule has 5 nitrogen and oxygen atoms in total. The number of hydrogen-bond donors (Lipinski definition) is 0. The van der Waals surface area contributed by atoms with E-state index in [1.54, 1.807) is 0 Å². The third-order valence-electron chi connectivity index (χ3n) is 5.77. The summed E-state index contributed by atoms with van der Waals surface area (Å²) in [6, 6.07) is 14.6. The lowest BCUT2D eigenvalue weighted by atomic mass is 9.76. The highest BCUT2D eigenvalue weighted by Crippen LogP contribution is 2.43. The zero-order valence-electron chi connectivity index (χ0n) is 15.6. The van der Waals surface area contributed by atoms with Crippen molar-refractivity contribution in [3.05, 3.63) is 59.4 Å². The summed E-state index contributed by atoms with van der Waals surface area (Å²) in [5, 5.41) is 0. The number of likely N-dealkylation sites (N-methyl/N-ethyl adjacent to an activating group) is 1. The lowest BCUT2D eigenvalue weighted by Gasteiger charge is -2.55. The van der Waals surface area contributed by atoms with Crippen molar-refractivity contribution < 1.29 is 9.53 Å². The molecule has 0 aliphatic carbocycles. The summed E-state index contributed by atoms with van der Waals surface area (Å²) in [5.41, 5.74) is 3.99. The Hall–Kier alpha value is -2.40. The van der Waals surface area contributed by atoms with Gasteiger partial charge in [0.15, 0.2) is 0 Å². The number of aromatic nitrogens is 1. The molecule has 1 aromatic heterocycles. The number of aryl methyl sites for hydroxylation is 2. The fourth-order valence-electron chi connectivity index (χ4n) is 4.45. The lowest BCUT2D eigenvalue weighted by Crippen LogP contribution is -2.67. The van der Waals surface area contributed by atoms with Crippen LogP contribution in [0.15, 0.2) is 42.5 Å². The SMILES string of the molecule is Cc1cc(N2CC[C@]3(c4ccccc4)[C@@H](C2)OCC(=O)N3C)cc(C)n1. The molecule has 0 bridgehead atoms. The molecule has 2 saturated heterocycles. The van der Waals surface area contributed by atoms with Gasteiger partial charge < -0.3 is 14.5 Å². The van der Waals surface area contributed by atoms with E-state index in [1.807, 2.05) is 44.0 Å². The van der Waals surface area contributed by atoms with Crippen molar-refractivity contribution in [1.29, 1.82) is 0 Å². The number of nitrogens with zero attached hydrogens (tertiary/aromatic N) is 3. The van der Waals surface area contributed by atoms with Gasteiger partial charge in [-0.15, -0.1) is 0 Å². The van der Waals surface area contributed by atoms with Gasteiger partial charge in [0.2, 0.25) is 5.91 Å². The summed E-state index contributed by atoms with van der Waals surface area (Å²) in [6.45, 7) is 5.83. The molecule has 3 heterocycles. The molecule has 2 aliphatic rings. The number of carbonyl (C=O) groups is 1. The van der Waals surface area contributed by atoms with Gasteiger partial charge >= 0.3 is 0 Å². The van der Waals surface area contributed by atoms with E-state index in [0.717, 1.165) is 36.5 Å². The van der Waals surface area contributed by atoms with Crippen LogP contribution < -0.4 is 4.90 Å². The first-order valence-electron chi connectivity index (χ1n) is 9.15. The van der Waals surface area contributed by atoms with Crippen LogP contribution in [0.2, 0.25) is 0 Å². The smallest absolute Gasteiger partial charge is 0.249 e. The zero-order valence-corrected chi connectivity index (χ0v) is 15.6. The first-order valence-corrected chi connectivity index (χ1v) is 9.15. The molecule has 0 N–H and O–H groups in total. The average molecular weight is 351 g/mol. The van der Waals surface area contributed by atoms with Crippen molar-refractivity contribution in [2.75, 3.05) is 31.6 Å². The van der Waals surface area contributed by atoms with Crippen molar-refractivity contribution in [1.82, 2.24) is 9.88 Å². The summed E-state index contributed by atoms with van der Waals surface area (Å²) in [7, 11) is 1.92. The number of ether oxygens (including phenoxy) is 1.